The minimum Gasteiger partial charge on any atom is -0.353 e. The van der Waals surface area contributed by atoms with Gasteiger partial charge in [-0.3, -0.25) is 9.59 Å². The highest BCUT2D eigenvalue weighted by atomic mass is 16.2. The number of allylic oxidation sites excluding steroid dienone is 2. The Morgan fingerprint density at radius 3 is 2.00 bits per heavy atom. The second-order valence-corrected chi connectivity index (χ2v) is 7.14. The van der Waals surface area contributed by atoms with E-state index < -0.39 is 5.92 Å². The van der Waals surface area contributed by atoms with E-state index in [0.717, 1.165) is 25.7 Å². The summed E-state index contributed by atoms with van der Waals surface area (Å²) in [6.45, 7) is 0. The number of rotatable bonds is 4. The summed E-state index contributed by atoms with van der Waals surface area (Å²) in [5.74, 6) is -0.498. The number of hydrogen-bond acceptors (Lipinski definition) is 2. The van der Waals surface area contributed by atoms with Crippen molar-refractivity contribution in [3.8, 4) is 0 Å². The fourth-order valence-electron chi connectivity index (χ4n) is 3.98. The summed E-state index contributed by atoms with van der Waals surface area (Å²) in [6, 6.07) is 0.563. The number of nitrogens with one attached hydrogen (secondary N) is 2. The summed E-state index contributed by atoms with van der Waals surface area (Å²) in [5, 5.41) is 6.26. The van der Waals surface area contributed by atoms with E-state index in [0.29, 0.717) is 5.57 Å². The van der Waals surface area contributed by atoms with Gasteiger partial charge in [-0.2, -0.15) is 0 Å². The predicted molar refractivity (Wildman–Crippen MR) is 90.7 cm³/mol. The molecule has 0 aliphatic heterocycles. The highest BCUT2D eigenvalue weighted by molar-refractivity contribution is 6.02. The summed E-state index contributed by atoms with van der Waals surface area (Å²) >= 11 is 0. The Morgan fingerprint density at radius 1 is 0.826 bits per heavy atom. The second-order valence-electron chi connectivity index (χ2n) is 7.14. The molecule has 0 saturated heterocycles. The van der Waals surface area contributed by atoms with Crippen molar-refractivity contribution in [1.82, 2.24) is 10.6 Å². The van der Waals surface area contributed by atoms with Crippen LogP contribution in [0.3, 0.4) is 0 Å². The summed E-state index contributed by atoms with van der Waals surface area (Å²) < 4.78 is 0. The predicted octanol–water partition coefficient (Wildman–Crippen LogP) is 3.00. The minimum atomic E-state index is -0.416. The largest absolute Gasteiger partial charge is 0.353 e. The molecule has 0 aromatic rings. The van der Waals surface area contributed by atoms with Gasteiger partial charge in [0.25, 0.3) is 0 Å². The first-order valence-electron chi connectivity index (χ1n) is 9.23. The molecule has 3 rings (SSSR count). The first-order chi connectivity index (χ1) is 11.2. The molecule has 2 fully saturated rings. The van der Waals surface area contributed by atoms with Gasteiger partial charge in [-0.15, -0.1) is 0 Å². The summed E-state index contributed by atoms with van der Waals surface area (Å²) in [6.07, 6.45) is 17.0. The lowest BCUT2D eigenvalue weighted by Crippen LogP contribution is -2.43. The van der Waals surface area contributed by atoms with Crippen molar-refractivity contribution in [2.45, 2.75) is 76.3 Å². The van der Waals surface area contributed by atoms with Gasteiger partial charge >= 0.3 is 0 Å². The van der Waals surface area contributed by atoms with Crippen LogP contribution in [-0.4, -0.2) is 23.9 Å². The van der Waals surface area contributed by atoms with E-state index >= 15 is 0 Å². The average molecular weight is 316 g/mol. The Balaban J connectivity index is 1.54. The lowest BCUT2D eigenvalue weighted by molar-refractivity contribution is -0.126. The van der Waals surface area contributed by atoms with Crippen molar-refractivity contribution < 1.29 is 9.59 Å². The molecule has 2 saturated carbocycles. The molecule has 2 N–H and O–H groups in total. The van der Waals surface area contributed by atoms with Crippen LogP contribution in [0.2, 0.25) is 0 Å². The molecule has 4 nitrogen and oxygen atoms in total. The van der Waals surface area contributed by atoms with Crippen molar-refractivity contribution in [2.24, 2.45) is 5.92 Å². The first-order valence-corrected chi connectivity index (χ1v) is 9.23. The fraction of sp³-hybridized carbons (Fsp3) is 0.684. The quantitative estimate of drug-likeness (QED) is 0.837. The molecule has 3 aliphatic carbocycles. The van der Waals surface area contributed by atoms with Gasteiger partial charge in [-0.05, 0) is 25.7 Å². The van der Waals surface area contributed by atoms with Crippen LogP contribution in [0.1, 0.15) is 64.2 Å². The van der Waals surface area contributed by atoms with Crippen LogP contribution in [0.4, 0.5) is 0 Å². The van der Waals surface area contributed by atoms with Gasteiger partial charge in [0.2, 0.25) is 11.8 Å². The van der Waals surface area contributed by atoms with Crippen LogP contribution in [-0.2, 0) is 9.59 Å². The molecule has 1 atom stereocenters. The highest BCUT2D eigenvalue weighted by Crippen LogP contribution is 2.24. The van der Waals surface area contributed by atoms with Crippen molar-refractivity contribution >= 4 is 11.8 Å². The summed E-state index contributed by atoms with van der Waals surface area (Å²) in [7, 11) is 0. The highest BCUT2D eigenvalue weighted by Gasteiger charge is 2.30. The molecule has 0 heterocycles. The minimum absolute atomic E-state index is 0.0179. The fourth-order valence-corrected chi connectivity index (χ4v) is 3.98. The first kappa shape index (κ1) is 16.3. The molecule has 1 unspecified atom stereocenters. The summed E-state index contributed by atoms with van der Waals surface area (Å²) in [5.41, 5.74) is 0.601. The standard InChI is InChI=1S/C19H28N2O2/c22-18(20-14-8-3-1-4-9-14)16-12-7-13-17(16)19(23)21-15-10-5-2-6-11-15/h7,12-16H,1-6,8-11H2,(H,20,22)(H,21,23). The maximum Gasteiger partial charge on any atom is 0.248 e. The van der Waals surface area contributed by atoms with E-state index in [2.05, 4.69) is 10.6 Å². The van der Waals surface area contributed by atoms with Gasteiger partial charge in [0, 0.05) is 17.7 Å². The molecule has 0 spiro atoms. The lowest BCUT2D eigenvalue weighted by Gasteiger charge is -2.26. The van der Waals surface area contributed by atoms with Gasteiger partial charge in [0.15, 0.2) is 0 Å². The zero-order valence-electron chi connectivity index (χ0n) is 13.9. The molecule has 23 heavy (non-hydrogen) atoms. The monoisotopic (exact) mass is 316 g/mol. The Bertz CT molecular complexity index is 497. The molecular weight excluding hydrogens is 288 g/mol. The Labute approximate surface area is 138 Å². The van der Waals surface area contributed by atoms with Crippen LogP contribution in [0.15, 0.2) is 23.8 Å². The maximum absolute atomic E-state index is 12.5. The third-order valence-electron chi connectivity index (χ3n) is 5.35. The number of hydrogen-bond donors (Lipinski definition) is 2. The molecule has 0 radical (unpaired) electrons. The van der Waals surface area contributed by atoms with Crippen molar-refractivity contribution in [2.75, 3.05) is 0 Å². The smallest absolute Gasteiger partial charge is 0.248 e. The van der Waals surface area contributed by atoms with E-state index in [1.165, 1.54) is 38.5 Å². The van der Waals surface area contributed by atoms with Crippen LogP contribution in [0, 0.1) is 5.92 Å². The molecular formula is C19H28N2O2. The van der Waals surface area contributed by atoms with E-state index in [1.807, 2.05) is 12.2 Å². The van der Waals surface area contributed by atoms with Crippen LogP contribution >= 0.6 is 0 Å². The van der Waals surface area contributed by atoms with E-state index in [1.54, 1.807) is 6.08 Å². The van der Waals surface area contributed by atoms with Gasteiger partial charge in [0.05, 0.1) is 5.92 Å². The Kier molecular flexibility index (Phi) is 5.52. The summed E-state index contributed by atoms with van der Waals surface area (Å²) in [4.78, 5) is 25.1. The Morgan fingerprint density at radius 2 is 1.39 bits per heavy atom. The van der Waals surface area contributed by atoms with Gasteiger partial charge in [0.1, 0.15) is 0 Å². The number of carbonyl (C=O) groups excluding carboxylic acids is 2. The van der Waals surface area contributed by atoms with Gasteiger partial charge in [-0.1, -0.05) is 56.8 Å². The molecule has 0 bridgehead atoms. The van der Waals surface area contributed by atoms with Crippen molar-refractivity contribution in [1.29, 1.82) is 0 Å². The number of amides is 2. The molecule has 4 heteroatoms. The maximum atomic E-state index is 12.5. The molecule has 2 amide bonds. The SMILES string of the molecule is O=C(NC1CCCCC1)C1=CC=CC1C(=O)NC1CCCCC1. The van der Waals surface area contributed by atoms with Crippen LogP contribution in [0.25, 0.3) is 0 Å². The average Bonchev–Trinajstić information content (AvgIpc) is 3.06. The number of carbonyl (C=O) groups is 2. The third-order valence-corrected chi connectivity index (χ3v) is 5.35. The zero-order valence-corrected chi connectivity index (χ0v) is 13.9. The van der Waals surface area contributed by atoms with Gasteiger partial charge in [-0.25, -0.2) is 0 Å². The molecule has 3 aliphatic rings. The molecule has 126 valence electrons. The van der Waals surface area contributed by atoms with E-state index in [4.69, 9.17) is 0 Å². The third kappa shape index (κ3) is 4.24. The van der Waals surface area contributed by atoms with Crippen molar-refractivity contribution in [3.63, 3.8) is 0 Å². The topological polar surface area (TPSA) is 58.2 Å². The van der Waals surface area contributed by atoms with Crippen molar-refractivity contribution in [3.05, 3.63) is 23.8 Å². The van der Waals surface area contributed by atoms with Gasteiger partial charge < -0.3 is 10.6 Å². The lowest BCUT2D eigenvalue weighted by atomic mass is 9.93. The molecule has 0 aromatic carbocycles. The second kappa shape index (κ2) is 7.80. The van der Waals surface area contributed by atoms with Crippen LogP contribution < -0.4 is 10.6 Å². The van der Waals surface area contributed by atoms with Crippen LogP contribution in [0.5, 0.6) is 0 Å². The zero-order chi connectivity index (χ0) is 16.1. The van der Waals surface area contributed by atoms with E-state index in [9.17, 15) is 9.59 Å². The van der Waals surface area contributed by atoms with E-state index in [-0.39, 0.29) is 23.9 Å². The molecule has 0 aromatic heterocycles. The Hall–Kier alpha value is -1.58. The normalized spacial score (nSPS) is 25.9.